The molecule has 5 heteroatoms. The Kier molecular flexibility index (Phi) is 5.68. The van der Waals surface area contributed by atoms with Crippen molar-refractivity contribution in [3.05, 3.63) is 66.0 Å². The van der Waals surface area contributed by atoms with Gasteiger partial charge >= 0.3 is 0 Å². The van der Waals surface area contributed by atoms with Crippen molar-refractivity contribution in [3.63, 3.8) is 0 Å². The zero-order valence-corrected chi connectivity index (χ0v) is 14.6. The van der Waals surface area contributed by atoms with Crippen LogP contribution in [-0.2, 0) is 6.54 Å². The van der Waals surface area contributed by atoms with Gasteiger partial charge in [0.1, 0.15) is 23.8 Å². The van der Waals surface area contributed by atoms with Crippen molar-refractivity contribution >= 4 is 0 Å². The van der Waals surface area contributed by atoms with Gasteiger partial charge in [-0.3, -0.25) is 0 Å². The van der Waals surface area contributed by atoms with Gasteiger partial charge in [-0.05, 0) is 32.3 Å². The molecule has 0 unspecified atom stereocenters. The van der Waals surface area contributed by atoms with Crippen molar-refractivity contribution in [3.8, 4) is 5.75 Å². The molecule has 4 atom stereocenters. The molecule has 1 aliphatic rings. The molecule has 0 spiro atoms. The lowest BCUT2D eigenvalue weighted by molar-refractivity contribution is 0.0210. The third-order valence-corrected chi connectivity index (χ3v) is 4.77. The summed E-state index contributed by atoms with van der Waals surface area (Å²) >= 11 is 0. The minimum atomic E-state index is -0.617. The largest absolute Gasteiger partial charge is 0.488 e. The second-order valence-corrected chi connectivity index (χ2v) is 6.73. The molecule has 0 saturated heterocycles. The highest BCUT2D eigenvalue weighted by Crippen LogP contribution is 2.28. The van der Waals surface area contributed by atoms with Crippen LogP contribution in [0.3, 0.4) is 0 Å². The maximum atomic E-state index is 13.8. The monoisotopic (exact) mass is 344 g/mol. The van der Waals surface area contributed by atoms with Crippen molar-refractivity contribution in [1.29, 1.82) is 0 Å². The number of likely N-dealkylation sites (N-methyl/N-ethyl adjacent to an activating group) is 1. The van der Waals surface area contributed by atoms with Crippen LogP contribution in [0.25, 0.3) is 0 Å². The Bertz CT molecular complexity index is 680. The van der Waals surface area contributed by atoms with E-state index in [4.69, 9.17) is 4.74 Å². The summed E-state index contributed by atoms with van der Waals surface area (Å²) in [5.74, 6) is 0.533. The Hall–Kier alpha value is -1.95. The summed E-state index contributed by atoms with van der Waals surface area (Å²) in [5, 5.41) is 14.1. The number of hydrogen-bond acceptors (Lipinski definition) is 4. The molecule has 3 rings (SSSR count). The molecule has 0 aromatic heterocycles. The molecule has 1 saturated carbocycles. The van der Waals surface area contributed by atoms with Crippen LogP contribution in [0.15, 0.2) is 54.6 Å². The molecule has 0 bridgehead atoms. The van der Waals surface area contributed by atoms with Crippen molar-refractivity contribution in [2.75, 3.05) is 14.1 Å². The molecular weight excluding hydrogens is 319 g/mol. The minimum Gasteiger partial charge on any atom is -0.488 e. The third kappa shape index (κ3) is 4.18. The second-order valence-electron chi connectivity index (χ2n) is 6.73. The predicted octanol–water partition coefficient (Wildman–Crippen LogP) is 2.43. The number of rotatable bonds is 6. The molecule has 2 N–H and O–H groups in total. The lowest BCUT2D eigenvalue weighted by Crippen LogP contribution is -2.49. The summed E-state index contributed by atoms with van der Waals surface area (Å²) in [7, 11) is 3.88. The van der Waals surface area contributed by atoms with E-state index in [9.17, 15) is 9.50 Å². The van der Waals surface area contributed by atoms with Gasteiger partial charge in [-0.15, -0.1) is 0 Å². The van der Waals surface area contributed by atoms with Crippen molar-refractivity contribution in [2.24, 2.45) is 0 Å². The number of hydrogen-bond donors (Lipinski definition) is 2. The lowest BCUT2D eigenvalue weighted by Gasteiger charge is -2.29. The van der Waals surface area contributed by atoms with Gasteiger partial charge in [-0.2, -0.15) is 0 Å². The molecular formula is C20H25FN2O2. The molecule has 1 fully saturated rings. The number of halogens is 1. The van der Waals surface area contributed by atoms with Crippen molar-refractivity contribution in [1.82, 2.24) is 10.2 Å². The standard InChI is InChI=1S/C20H25FN2O2/c1-23(2)19-17(22-13-14-8-6-7-11-16(14)21)12-18(20(19)24)25-15-9-4-3-5-10-15/h3-11,17-20,22,24H,12-13H2,1-2H3/t17-,18-,19+,20+/m1/s1. The van der Waals surface area contributed by atoms with Gasteiger partial charge in [-0.25, -0.2) is 4.39 Å². The normalized spacial score (nSPS) is 26.1. The highest BCUT2D eigenvalue weighted by Gasteiger charge is 2.44. The Morgan fingerprint density at radius 3 is 2.48 bits per heavy atom. The molecule has 0 heterocycles. The van der Waals surface area contributed by atoms with Crippen LogP contribution in [0.5, 0.6) is 5.75 Å². The summed E-state index contributed by atoms with van der Waals surface area (Å²) in [6.07, 6.45) is -0.255. The van der Waals surface area contributed by atoms with Crippen LogP contribution in [0.2, 0.25) is 0 Å². The maximum absolute atomic E-state index is 13.8. The number of nitrogens with zero attached hydrogens (tertiary/aromatic N) is 1. The number of para-hydroxylation sites is 1. The van der Waals surface area contributed by atoms with Crippen molar-refractivity contribution < 1.29 is 14.2 Å². The number of aliphatic hydroxyl groups is 1. The summed E-state index contributed by atoms with van der Waals surface area (Å²) in [5.41, 5.74) is 0.627. The average molecular weight is 344 g/mol. The summed E-state index contributed by atoms with van der Waals surface area (Å²) in [4.78, 5) is 2.00. The van der Waals surface area contributed by atoms with Gasteiger partial charge < -0.3 is 20.1 Å². The van der Waals surface area contributed by atoms with Gasteiger partial charge in [0.25, 0.3) is 0 Å². The van der Waals surface area contributed by atoms with E-state index in [1.807, 2.05) is 55.4 Å². The molecule has 1 aliphatic carbocycles. The van der Waals surface area contributed by atoms with Crippen LogP contribution in [0.4, 0.5) is 4.39 Å². The zero-order valence-electron chi connectivity index (χ0n) is 14.6. The minimum absolute atomic E-state index is 0.0123. The van der Waals surface area contributed by atoms with Gasteiger partial charge in [0, 0.05) is 24.6 Å². The third-order valence-electron chi connectivity index (χ3n) is 4.77. The SMILES string of the molecule is CN(C)[C@@H]1[C@@H](O)[C@H](Oc2ccccc2)C[C@H]1NCc1ccccc1F. The Labute approximate surface area is 148 Å². The molecule has 0 aliphatic heterocycles. The topological polar surface area (TPSA) is 44.7 Å². The van der Waals surface area contributed by atoms with Crippen LogP contribution in [-0.4, -0.2) is 48.4 Å². The second kappa shape index (κ2) is 7.95. The first-order valence-corrected chi connectivity index (χ1v) is 8.59. The first-order chi connectivity index (χ1) is 12.1. The van der Waals surface area contributed by atoms with Crippen molar-refractivity contribution in [2.45, 2.75) is 37.3 Å². The van der Waals surface area contributed by atoms with E-state index >= 15 is 0 Å². The molecule has 2 aromatic rings. The molecule has 134 valence electrons. The fourth-order valence-corrected chi connectivity index (χ4v) is 3.53. The molecule has 0 radical (unpaired) electrons. The van der Waals surface area contributed by atoms with Gasteiger partial charge in [0.15, 0.2) is 0 Å². The summed E-state index contributed by atoms with van der Waals surface area (Å²) < 4.78 is 19.8. The smallest absolute Gasteiger partial charge is 0.128 e. The van der Waals surface area contributed by atoms with E-state index in [1.165, 1.54) is 6.07 Å². The average Bonchev–Trinajstić information content (AvgIpc) is 2.91. The first kappa shape index (κ1) is 17.9. The first-order valence-electron chi connectivity index (χ1n) is 8.59. The van der Waals surface area contributed by atoms with Gasteiger partial charge in [0.05, 0.1) is 6.04 Å². The fraction of sp³-hybridized carbons (Fsp3) is 0.400. The zero-order chi connectivity index (χ0) is 17.8. The lowest BCUT2D eigenvalue weighted by atomic mass is 10.1. The molecule has 2 aromatic carbocycles. The highest BCUT2D eigenvalue weighted by atomic mass is 19.1. The van der Waals surface area contributed by atoms with Gasteiger partial charge in [-0.1, -0.05) is 36.4 Å². The number of benzene rings is 2. The summed E-state index contributed by atoms with van der Waals surface area (Å²) in [6.45, 7) is 0.423. The Balaban J connectivity index is 1.68. The number of aliphatic hydroxyl groups excluding tert-OH is 1. The molecule has 25 heavy (non-hydrogen) atoms. The van der Waals surface area contributed by atoms with Gasteiger partial charge in [0.2, 0.25) is 0 Å². The predicted molar refractivity (Wildman–Crippen MR) is 96.0 cm³/mol. The van der Waals surface area contributed by atoms with Crippen LogP contribution < -0.4 is 10.1 Å². The van der Waals surface area contributed by atoms with Crippen LogP contribution in [0, 0.1) is 5.82 Å². The van der Waals surface area contributed by atoms with E-state index in [0.29, 0.717) is 18.5 Å². The van der Waals surface area contributed by atoms with Crippen LogP contribution >= 0.6 is 0 Å². The van der Waals surface area contributed by atoms with E-state index in [1.54, 1.807) is 12.1 Å². The number of ether oxygens (including phenoxy) is 1. The Morgan fingerprint density at radius 1 is 1.12 bits per heavy atom. The quantitative estimate of drug-likeness (QED) is 0.845. The molecule has 4 nitrogen and oxygen atoms in total. The maximum Gasteiger partial charge on any atom is 0.128 e. The number of nitrogens with one attached hydrogen (secondary N) is 1. The Morgan fingerprint density at radius 2 is 1.80 bits per heavy atom. The fourth-order valence-electron chi connectivity index (χ4n) is 3.53. The van der Waals surface area contributed by atoms with E-state index < -0.39 is 6.10 Å². The molecule has 0 amide bonds. The summed E-state index contributed by atoms with van der Waals surface area (Å²) in [6, 6.07) is 16.2. The van der Waals surface area contributed by atoms with Crippen LogP contribution in [0.1, 0.15) is 12.0 Å². The van der Waals surface area contributed by atoms with E-state index in [0.717, 1.165) is 5.75 Å². The van der Waals surface area contributed by atoms with E-state index in [2.05, 4.69) is 5.32 Å². The highest BCUT2D eigenvalue weighted by molar-refractivity contribution is 5.22. The van der Waals surface area contributed by atoms with E-state index in [-0.39, 0.29) is 24.0 Å².